The third kappa shape index (κ3) is 7.89. The molecule has 0 N–H and O–H groups in total. The van der Waals surface area contributed by atoms with Gasteiger partial charge in [0.2, 0.25) is 0 Å². The number of ether oxygens (including phenoxy) is 2. The van der Waals surface area contributed by atoms with Gasteiger partial charge < -0.3 is 19.3 Å². The summed E-state index contributed by atoms with van der Waals surface area (Å²) >= 11 is 9.74. The van der Waals surface area contributed by atoms with E-state index in [0.717, 1.165) is 10.0 Å². The summed E-state index contributed by atoms with van der Waals surface area (Å²) in [4.78, 5) is 16.3. The van der Waals surface area contributed by atoms with Gasteiger partial charge >= 0.3 is 0 Å². The Bertz CT molecular complexity index is 893. The van der Waals surface area contributed by atoms with Crippen molar-refractivity contribution in [2.24, 2.45) is 0 Å². The Hall–Kier alpha value is -1.99. The Kier molecular flexibility index (Phi) is 10.4. The van der Waals surface area contributed by atoms with Crippen molar-refractivity contribution < 1.29 is 14.3 Å². The Balaban J connectivity index is 0.00000341. The minimum absolute atomic E-state index is 0. The smallest absolute Gasteiger partial charge is 0.189 e. The molecule has 3 rings (SSSR count). The number of carbonyl (C=O) groups excluding carboxylic acids is 1. The van der Waals surface area contributed by atoms with E-state index >= 15 is 0 Å². The zero-order chi connectivity index (χ0) is 21.3. The van der Waals surface area contributed by atoms with Gasteiger partial charge in [-0.3, -0.25) is 4.79 Å². The first kappa shape index (κ1) is 25.3. The standard InChI is InChI=1S/C23H24BrClN2O3.ClH/c1-2-13-29-23(21-5-3-4-6-22(21)25)15-27-12-11-26(17-27)14-19(28)16-30-20-9-7-18(24)8-10-20;/h2-12,23H,1,13-17H2;1H. The van der Waals surface area contributed by atoms with Gasteiger partial charge in [0.25, 0.3) is 0 Å². The molecule has 0 bridgehead atoms. The molecule has 0 saturated carbocycles. The van der Waals surface area contributed by atoms with Crippen LogP contribution in [0.2, 0.25) is 5.02 Å². The number of rotatable bonds is 11. The lowest BCUT2D eigenvalue weighted by Gasteiger charge is -2.26. The summed E-state index contributed by atoms with van der Waals surface area (Å²) in [6.07, 6.45) is 5.40. The highest BCUT2D eigenvalue weighted by Crippen LogP contribution is 2.27. The fraction of sp³-hybridized carbons (Fsp3) is 0.261. The van der Waals surface area contributed by atoms with Crippen molar-refractivity contribution in [2.75, 3.05) is 33.0 Å². The molecule has 2 aromatic rings. The summed E-state index contributed by atoms with van der Waals surface area (Å²) in [6.45, 7) is 5.70. The predicted molar refractivity (Wildman–Crippen MR) is 130 cm³/mol. The maximum atomic E-state index is 12.3. The first-order valence-electron chi connectivity index (χ1n) is 9.58. The summed E-state index contributed by atoms with van der Waals surface area (Å²) in [7, 11) is 0. The molecule has 166 valence electrons. The number of Topliss-reactive ketones (excluding diaryl/α,β-unsaturated/α-hetero) is 1. The van der Waals surface area contributed by atoms with Crippen LogP contribution in [0.3, 0.4) is 0 Å². The summed E-state index contributed by atoms with van der Waals surface area (Å²) in [5.41, 5.74) is 0.937. The molecule has 5 nitrogen and oxygen atoms in total. The van der Waals surface area contributed by atoms with Gasteiger partial charge in [-0.05, 0) is 30.3 Å². The second-order valence-electron chi connectivity index (χ2n) is 6.87. The molecular formula is C23H25BrCl2N2O3. The van der Waals surface area contributed by atoms with Crippen LogP contribution in [-0.4, -0.2) is 48.6 Å². The van der Waals surface area contributed by atoms with Crippen LogP contribution < -0.4 is 4.74 Å². The van der Waals surface area contributed by atoms with Gasteiger partial charge in [0.1, 0.15) is 18.5 Å². The molecule has 2 aromatic carbocycles. The third-order valence-electron chi connectivity index (χ3n) is 4.51. The van der Waals surface area contributed by atoms with E-state index in [4.69, 9.17) is 21.1 Å². The second kappa shape index (κ2) is 12.8. The van der Waals surface area contributed by atoms with Crippen LogP contribution in [0.1, 0.15) is 11.7 Å². The number of ketones is 1. The topological polar surface area (TPSA) is 42.0 Å². The summed E-state index contributed by atoms with van der Waals surface area (Å²) < 4.78 is 12.5. The van der Waals surface area contributed by atoms with Crippen molar-refractivity contribution in [1.82, 2.24) is 9.80 Å². The molecule has 8 heteroatoms. The van der Waals surface area contributed by atoms with Gasteiger partial charge in [-0.15, -0.1) is 19.0 Å². The highest BCUT2D eigenvalue weighted by molar-refractivity contribution is 9.10. The lowest BCUT2D eigenvalue weighted by Crippen LogP contribution is -2.33. The molecule has 0 spiro atoms. The van der Waals surface area contributed by atoms with Crippen LogP contribution in [0, 0.1) is 0 Å². The van der Waals surface area contributed by atoms with Gasteiger partial charge in [-0.25, -0.2) is 0 Å². The van der Waals surface area contributed by atoms with Crippen LogP contribution in [0.4, 0.5) is 0 Å². The Morgan fingerprint density at radius 1 is 1.16 bits per heavy atom. The maximum absolute atomic E-state index is 12.3. The molecule has 1 aliphatic rings. The molecule has 0 aromatic heterocycles. The van der Waals surface area contributed by atoms with Crippen molar-refractivity contribution in [3.05, 3.63) is 88.6 Å². The van der Waals surface area contributed by atoms with E-state index < -0.39 is 0 Å². The monoisotopic (exact) mass is 526 g/mol. The average Bonchev–Trinajstić information content (AvgIpc) is 3.18. The molecule has 0 aliphatic carbocycles. The fourth-order valence-electron chi connectivity index (χ4n) is 3.08. The Morgan fingerprint density at radius 2 is 1.87 bits per heavy atom. The van der Waals surface area contributed by atoms with Crippen LogP contribution >= 0.6 is 39.9 Å². The van der Waals surface area contributed by atoms with Crippen molar-refractivity contribution in [2.45, 2.75) is 6.10 Å². The first-order chi connectivity index (χ1) is 14.5. The average molecular weight is 528 g/mol. The molecule has 0 fully saturated rings. The number of carbonyl (C=O) groups is 1. The molecule has 31 heavy (non-hydrogen) atoms. The van der Waals surface area contributed by atoms with Gasteiger partial charge in [-0.2, -0.15) is 0 Å². The Labute approximate surface area is 202 Å². The molecule has 1 heterocycles. The normalized spacial score (nSPS) is 13.6. The van der Waals surface area contributed by atoms with Crippen LogP contribution in [0.15, 0.2) is 78.1 Å². The first-order valence-corrected chi connectivity index (χ1v) is 10.8. The largest absolute Gasteiger partial charge is 0.486 e. The molecule has 1 atom stereocenters. The fourth-order valence-corrected chi connectivity index (χ4v) is 3.60. The maximum Gasteiger partial charge on any atom is 0.189 e. The number of benzene rings is 2. The minimum atomic E-state index is -0.197. The highest BCUT2D eigenvalue weighted by atomic mass is 79.9. The van der Waals surface area contributed by atoms with Crippen LogP contribution in [-0.2, 0) is 9.53 Å². The van der Waals surface area contributed by atoms with E-state index in [1.807, 2.05) is 65.8 Å². The molecule has 0 radical (unpaired) electrons. The van der Waals surface area contributed by atoms with E-state index in [0.29, 0.717) is 30.6 Å². The van der Waals surface area contributed by atoms with Crippen LogP contribution in [0.25, 0.3) is 0 Å². The number of hydrogen-bond acceptors (Lipinski definition) is 5. The van der Waals surface area contributed by atoms with Gasteiger partial charge in [0, 0.05) is 34.0 Å². The number of nitrogens with zero attached hydrogens (tertiary/aromatic N) is 2. The van der Waals surface area contributed by atoms with E-state index in [2.05, 4.69) is 27.4 Å². The molecule has 1 aliphatic heterocycles. The summed E-state index contributed by atoms with van der Waals surface area (Å²) in [5.74, 6) is 0.682. The lowest BCUT2D eigenvalue weighted by atomic mass is 10.1. The second-order valence-corrected chi connectivity index (χ2v) is 8.19. The zero-order valence-corrected chi connectivity index (χ0v) is 20.1. The zero-order valence-electron chi connectivity index (χ0n) is 17.0. The highest BCUT2D eigenvalue weighted by Gasteiger charge is 2.22. The van der Waals surface area contributed by atoms with E-state index in [1.54, 1.807) is 6.08 Å². The SMILES string of the molecule is C=CCOC(CN1C=CN(CC(=O)COc2ccc(Br)cc2)C1)c1ccccc1Cl.Cl. The van der Waals surface area contributed by atoms with E-state index in [-0.39, 0.29) is 37.4 Å². The van der Waals surface area contributed by atoms with Crippen molar-refractivity contribution in [3.63, 3.8) is 0 Å². The molecule has 0 saturated heterocycles. The summed E-state index contributed by atoms with van der Waals surface area (Å²) in [5, 5.41) is 0.673. The van der Waals surface area contributed by atoms with Gasteiger partial charge in [0.05, 0.1) is 19.8 Å². The van der Waals surface area contributed by atoms with Crippen LogP contribution in [0.5, 0.6) is 5.75 Å². The van der Waals surface area contributed by atoms with E-state index in [1.165, 1.54) is 0 Å². The van der Waals surface area contributed by atoms with Crippen molar-refractivity contribution >= 4 is 45.7 Å². The van der Waals surface area contributed by atoms with Gasteiger partial charge in [0.15, 0.2) is 5.78 Å². The van der Waals surface area contributed by atoms with Crippen molar-refractivity contribution in [1.29, 1.82) is 0 Å². The van der Waals surface area contributed by atoms with E-state index in [9.17, 15) is 4.79 Å². The summed E-state index contributed by atoms with van der Waals surface area (Å²) in [6, 6.07) is 15.1. The lowest BCUT2D eigenvalue weighted by molar-refractivity contribution is -0.121. The quantitative estimate of drug-likeness (QED) is 0.363. The molecule has 1 unspecified atom stereocenters. The minimum Gasteiger partial charge on any atom is -0.486 e. The Morgan fingerprint density at radius 3 is 2.58 bits per heavy atom. The number of halogens is 3. The van der Waals surface area contributed by atoms with Crippen molar-refractivity contribution in [3.8, 4) is 5.75 Å². The molecule has 0 amide bonds. The molecular weight excluding hydrogens is 503 g/mol. The number of hydrogen-bond donors (Lipinski definition) is 0. The van der Waals surface area contributed by atoms with Gasteiger partial charge in [-0.1, -0.05) is 51.8 Å². The predicted octanol–water partition coefficient (Wildman–Crippen LogP) is 5.46. The third-order valence-corrected chi connectivity index (χ3v) is 5.39.